The van der Waals surface area contributed by atoms with Crippen LogP contribution in [0.2, 0.25) is 0 Å². The van der Waals surface area contributed by atoms with Crippen LogP contribution in [0.25, 0.3) is 0 Å². The first kappa shape index (κ1) is 13.9. The van der Waals surface area contributed by atoms with Gasteiger partial charge in [-0.25, -0.2) is 0 Å². The standard InChI is InChI=1S/C16H16N4O3/c1-2-19-15(22)10-11(16(19)23)13(14(17)21)20-12(10)9-6-4-3-5-8(9)7-18-20/h3-7,10-13H,2H2,1H3,(H2,17,21)/t10-,11+,12-,13+/m0/s1. The fraction of sp³-hybridized carbons (Fsp3) is 0.375. The van der Waals surface area contributed by atoms with Gasteiger partial charge in [0, 0.05) is 6.54 Å². The summed E-state index contributed by atoms with van der Waals surface area (Å²) in [6.07, 6.45) is 1.65. The van der Waals surface area contributed by atoms with E-state index in [9.17, 15) is 14.4 Å². The number of fused-ring (bicyclic) bond motifs is 5. The molecular formula is C16H16N4O3. The largest absolute Gasteiger partial charge is 0.368 e. The molecule has 1 aromatic carbocycles. The van der Waals surface area contributed by atoms with Crippen molar-refractivity contribution in [3.05, 3.63) is 35.4 Å². The molecule has 7 nitrogen and oxygen atoms in total. The van der Waals surface area contributed by atoms with Gasteiger partial charge in [0.05, 0.1) is 24.1 Å². The van der Waals surface area contributed by atoms with Crippen molar-refractivity contribution in [3.63, 3.8) is 0 Å². The lowest BCUT2D eigenvalue weighted by Crippen LogP contribution is -2.47. The van der Waals surface area contributed by atoms with Gasteiger partial charge in [-0.15, -0.1) is 0 Å². The molecule has 1 aromatic rings. The minimum absolute atomic E-state index is 0.242. The quantitative estimate of drug-likeness (QED) is 0.769. The van der Waals surface area contributed by atoms with Crippen molar-refractivity contribution in [1.82, 2.24) is 9.91 Å². The first-order valence-corrected chi connectivity index (χ1v) is 7.62. The van der Waals surface area contributed by atoms with E-state index in [1.54, 1.807) is 18.1 Å². The highest BCUT2D eigenvalue weighted by Crippen LogP contribution is 2.51. The summed E-state index contributed by atoms with van der Waals surface area (Å²) in [4.78, 5) is 38.6. The summed E-state index contributed by atoms with van der Waals surface area (Å²) < 4.78 is 0. The third kappa shape index (κ3) is 1.64. The number of likely N-dealkylation sites (tertiary alicyclic amines) is 1. The third-order valence-electron chi connectivity index (χ3n) is 4.99. The van der Waals surface area contributed by atoms with Gasteiger partial charge < -0.3 is 5.73 Å². The van der Waals surface area contributed by atoms with Crippen molar-refractivity contribution in [1.29, 1.82) is 0 Å². The van der Waals surface area contributed by atoms with Gasteiger partial charge in [0.15, 0.2) is 0 Å². The minimum Gasteiger partial charge on any atom is -0.368 e. The Hall–Kier alpha value is -2.70. The molecule has 3 amide bonds. The smallest absolute Gasteiger partial charge is 0.242 e. The maximum absolute atomic E-state index is 12.7. The number of hydrazone groups is 1. The van der Waals surface area contributed by atoms with Crippen molar-refractivity contribution in [2.24, 2.45) is 22.7 Å². The monoisotopic (exact) mass is 312 g/mol. The van der Waals surface area contributed by atoms with Gasteiger partial charge in [-0.1, -0.05) is 24.3 Å². The Morgan fingerprint density at radius 3 is 2.61 bits per heavy atom. The van der Waals surface area contributed by atoms with Crippen LogP contribution in [0.5, 0.6) is 0 Å². The fourth-order valence-corrected chi connectivity index (χ4v) is 4.07. The number of hydrogen-bond acceptors (Lipinski definition) is 5. The molecule has 3 heterocycles. The zero-order valence-corrected chi connectivity index (χ0v) is 12.5. The van der Waals surface area contributed by atoms with E-state index in [2.05, 4.69) is 5.10 Å². The van der Waals surface area contributed by atoms with E-state index in [4.69, 9.17) is 5.73 Å². The Kier molecular flexibility index (Phi) is 2.81. The Morgan fingerprint density at radius 2 is 1.91 bits per heavy atom. The number of primary amides is 1. The fourth-order valence-electron chi connectivity index (χ4n) is 4.07. The molecule has 0 aromatic heterocycles. The number of rotatable bonds is 2. The van der Waals surface area contributed by atoms with Crippen LogP contribution in [0.15, 0.2) is 29.4 Å². The van der Waals surface area contributed by atoms with Gasteiger partial charge in [-0.05, 0) is 18.1 Å². The van der Waals surface area contributed by atoms with Crippen LogP contribution in [0.1, 0.15) is 24.1 Å². The predicted octanol–water partition coefficient (Wildman–Crippen LogP) is -0.134. The first-order valence-electron chi connectivity index (χ1n) is 7.62. The summed E-state index contributed by atoms with van der Waals surface area (Å²) in [5, 5.41) is 5.87. The molecular weight excluding hydrogens is 296 g/mol. The van der Waals surface area contributed by atoms with Crippen LogP contribution in [0.3, 0.4) is 0 Å². The van der Waals surface area contributed by atoms with E-state index in [1.165, 1.54) is 4.90 Å². The average Bonchev–Trinajstić information content (AvgIpc) is 3.01. The lowest BCUT2D eigenvalue weighted by Gasteiger charge is -2.33. The van der Waals surface area contributed by atoms with Crippen molar-refractivity contribution < 1.29 is 14.4 Å². The van der Waals surface area contributed by atoms with Gasteiger partial charge in [0.1, 0.15) is 6.04 Å². The van der Waals surface area contributed by atoms with Crippen LogP contribution < -0.4 is 5.73 Å². The molecule has 3 aliphatic heterocycles. The van der Waals surface area contributed by atoms with Gasteiger partial charge in [-0.3, -0.25) is 24.3 Å². The minimum atomic E-state index is -0.886. The molecule has 7 heteroatoms. The van der Waals surface area contributed by atoms with Crippen LogP contribution in [-0.4, -0.2) is 46.4 Å². The normalized spacial score (nSPS) is 31.2. The van der Waals surface area contributed by atoms with E-state index in [1.807, 2.05) is 24.3 Å². The predicted molar refractivity (Wildman–Crippen MR) is 81.0 cm³/mol. The lowest BCUT2D eigenvalue weighted by molar-refractivity contribution is -0.143. The zero-order chi connectivity index (χ0) is 16.3. The Labute approximate surface area is 132 Å². The second-order valence-corrected chi connectivity index (χ2v) is 6.02. The number of carbonyl (C=O) groups is 3. The van der Waals surface area contributed by atoms with E-state index in [0.29, 0.717) is 6.54 Å². The highest BCUT2D eigenvalue weighted by Gasteiger charge is 2.64. The molecule has 0 radical (unpaired) electrons. The van der Waals surface area contributed by atoms with Crippen LogP contribution in [0, 0.1) is 11.8 Å². The maximum atomic E-state index is 12.7. The van der Waals surface area contributed by atoms with E-state index in [-0.39, 0.29) is 11.8 Å². The molecule has 0 spiro atoms. The molecule has 0 saturated carbocycles. The SMILES string of the molecule is CCN1C(=O)[C@@H]2[C@H](C1=O)[C@@H]1c3ccccc3C=NN1[C@H]2C(N)=O. The number of carbonyl (C=O) groups excluding carboxylic acids is 3. The summed E-state index contributed by atoms with van der Waals surface area (Å²) in [5.41, 5.74) is 7.34. The molecule has 2 saturated heterocycles. The molecule has 0 aliphatic carbocycles. The number of benzene rings is 1. The second-order valence-electron chi connectivity index (χ2n) is 6.02. The number of amides is 3. The molecule has 4 rings (SSSR count). The zero-order valence-electron chi connectivity index (χ0n) is 12.5. The topological polar surface area (TPSA) is 96.1 Å². The molecule has 118 valence electrons. The third-order valence-corrected chi connectivity index (χ3v) is 4.99. The average molecular weight is 312 g/mol. The number of nitrogens with zero attached hydrogens (tertiary/aromatic N) is 3. The maximum Gasteiger partial charge on any atom is 0.242 e. The van der Waals surface area contributed by atoms with E-state index >= 15 is 0 Å². The van der Waals surface area contributed by atoms with Gasteiger partial charge in [0.25, 0.3) is 0 Å². The summed E-state index contributed by atoms with van der Waals surface area (Å²) in [6, 6.07) is 6.27. The van der Waals surface area contributed by atoms with Crippen LogP contribution in [-0.2, 0) is 14.4 Å². The first-order chi connectivity index (χ1) is 11.1. The van der Waals surface area contributed by atoms with Gasteiger partial charge in [-0.2, -0.15) is 5.10 Å². The van der Waals surface area contributed by atoms with E-state index in [0.717, 1.165) is 11.1 Å². The van der Waals surface area contributed by atoms with Crippen molar-refractivity contribution in [3.8, 4) is 0 Å². The molecule has 0 bridgehead atoms. The van der Waals surface area contributed by atoms with E-state index < -0.39 is 29.8 Å². The highest BCUT2D eigenvalue weighted by atomic mass is 16.2. The Bertz CT molecular complexity index is 759. The Balaban J connectivity index is 1.89. The molecule has 3 aliphatic rings. The van der Waals surface area contributed by atoms with Crippen LogP contribution >= 0.6 is 0 Å². The summed E-state index contributed by atoms with van der Waals surface area (Å²) in [7, 11) is 0. The molecule has 2 N–H and O–H groups in total. The van der Waals surface area contributed by atoms with Crippen LogP contribution in [0.4, 0.5) is 0 Å². The lowest BCUT2D eigenvalue weighted by atomic mass is 9.85. The van der Waals surface area contributed by atoms with Crippen molar-refractivity contribution >= 4 is 23.9 Å². The number of hydrogen-bond donors (Lipinski definition) is 1. The highest BCUT2D eigenvalue weighted by molar-refractivity contribution is 6.09. The van der Waals surface area contributed by atoms with Crippen molar-refractivity contribution in [2.45, 2.75) is 19.0 Å². The number of imide groups is 1. The summed E-state index contributed by atoms with van der Waals surface area (Å²) in [5.74, 6) is -2.56. The Morgan fingerprint density at radius 1 is 1.22 bits per heavy atom. The molecule has 23 heavy (non-hydrogen) atoms. The summed E-state index contributed by atoms with van der Waals surface area (Å²) >= 11 is 0. The van der Waals surface area contributed by atoms with Gasteiger partial charge in [0.2, 0.25) is 17.7 Å². The van der Waals surface area contributed by atoms with Crippen molar-refractivity contribution in [2.75, 3.05) is 6.54 Å². The van der Waals surface area contributed by atoms with Gasteiger partial charge >= 0.3 is 0 Å². The number of nitrogens with two attached hydrogens (primary N) is 1. The summed E-state index contributed by atoms with van der Waals surface area (Å²) in [6.45, 7) is 2.05. The molecule has 0 unspecified atom stereocenters. The second kappa shape index (κ2) is 4.65. The molecule has 4 atom stereocenters. The molecule has 2 fully saturated rings.